The van der Waals surface area contributed by atoms with Crippen LogP contribution in [-0.2, 0) is 0 Å². The second-order valence-corrected chi connectivity index (χ2v) is 5.80. The third-order valence-electron chi connectivity index (χ3n) is 4.02. The summed E-state index contributed by atoms with van der Waals surface area (Å²) in [5.74, 6) is 0. The fraction of sp³-hybridized carbons (Fsp3) is 0.333. The molecule has 0 nitrogen and oxygen atoms in total. The summed E-state index contributed by atoms with van der Waals surface area (Å²) in [6, 6.07) is 13.5. The van der Waals surface area contributed by atoms with Gasteiger partial charge in [-0.05, 0) is 60.4 Å². The van der Waals surface area contributed by atoms with Gasteiger partial charge in [-0.3, -0.25) is 0 Å². The van der Waals surface area contributed by atoms with Crippen LogP contribution in [0.15, 0.2) is 36.4 Å². The third-order valence-corrected chi connectivity index (χ3v) is 4.02. The average Bonchev–Trinajstić information content (AvgIpc) is 2.50. The SMILES string of the molecule is C/C=c1/cc(-c2cc(C)ccc2C)cc/c1=C/CCCC. The van der Waals surface area contributed by atoms with Crippen LogP contribution in [0.1, 0.15) is 44.2 Å². The van der Waals surface area contributed by atoms with Crippen LogP contribution >= 0.6 is 0 Å². The molecule has 2 aromatic rings. The van der Waals surface area contributed by atoms with Gasteiger partial charge in [0.05, 0.1) is 0 Å². The molecule has 0 saturated heterocycles. The van der Waals surface area contributed by atoms with Gasteiger partial charge in [0.1, 0.15) is 0 Å². The Kier molecular flexibility index (Phi) is 5.38. The Bertz CT molecular complexity index is 720. The molecule has 21 heavy (non-hydrogen) atoms. The number of benzene rings is 2. The molecule has 0 aliphatic heterocycles. The van der Waals surface area contributed by atoms with Crippen LogP contribution in [0.3, 0.4) is 0 Å². The van der Waals surface area contributed by atoms with Crippen molar-refractivity contribution in [3.8, 4) is 11.1 Å². The van der Waals surface area contributed by atoms with Gasteiger partial charge >= 0.3 is 0 Å². The van der Waals surface area contributed by atoms with E-state index in [-0.39, 0.29) is 0 Å². The Balaban J connectivity index is 2.49. The topological polar surface area (TPSA) is 0 Å². The molecule has 0 bridgehead atoms. The quantitative estimate of drug-likeness (QED) is 0.709. The van der Waals surface area contributed by atoms with Crippen molar-refractivity contribution in [3.05, 3.63) is 58.0 Å². The highest BCUT2D eigenvalue weighted by Gasteiger charge is 2.02. The molecule has 0 aliphatic rings. The maximum absolute atomic E-state index is 2.37. The van der Waals surface area contributed by atoms with E-state index in [1.165, 1.54) is 52.0 Å². The zero-order chi connectivity index (χ0) is 15.2. The lowest BCUT2D eigenvalue weighted by atomic mass is 9.97. The van der Waals surface area contributed by atoms with Crippen LogP contribution in [-0.4, -0.2) is 0 Å². The highest BCUT2D eigenvalue weighted by Crippen LogP contribution is 2.22. The monoisotopic (exact) mass is 278 g/mol. The van der Waals surface area contributed by atoms with Crippen molar-refractivity contribution in [3.63, 3.8) is 0 Å². The van der Waals surface area contributed by atoms with Gasteiger partial charge in [0.2, 0.25) is 0 Å². The first-order chi connectivity index (χ1) is 10.2. The van der Waals surface area contributed by atoms with Gasteiger partial charge in [-0.2, -0.15) is 0 Å². The first kappa shape index (κ1) is 15.6. The highest BCUT2D eigenvalue weighted by molar-refractivity contribution is 5.68. The first-order valence-corrected chi connectivity index (χ1v) is 8.00. The molecule has 0 saturated carbocycles. The van der Waals surface area contributed by atoms with Gasteiger partial charge in [0.25, 0.3) is 0 Å². The van der Waals surface area contributed by atoms with Gasteiger partial charge < -0.3 is 0 Å². The van der Waals surface area contributed by atoms with Crippen molar-refractivity contribution in [1.29, 1.82) is 0 Å². The van der Waals surface area contributed by atoms with Crippen molar-refractivity contribution in [2.45, 2.75) is 47.0 Å². The Morgan fingerprint density at radius 2 is 1.76 bits per heavy atom. The number of unbranched alkanes of at least 4 members (excludes halogenated alkanes) is 2. The Morgan fingerprint density at radius 1 is 0.952 bits per heavy atom. The predicted octanol–water partition coefficient (Wildman–Crippen LogP) is 4.74. The molecule has 0 heterocycles. The molecule has 110 valence electrons. The van der Waals surface area contributed by atoms with E-state index in [9.17, 15) is 0 Å². The minimum Gasteiger partial charge on any atom is -0.0798 e. The molecule has 0 N–H and O–H groups in total. The molecule has 0 unspecified atom stereocenters. The summed E-state index contributed by atoms with van der Waals surface area (Å²) in [4.78, 5) is 0. The Morgan fingerprint density at radius 3 is 2.48 bits per heavy atom. The maximum atomic E-state index is 2.37. The van der Waals surface area contributed by atoms with Crippen LogP contribution in [0.25, 0.3) is 23.3 Å². The lowest BCUT2D eigenvalue weighted by Crippen LogP contribution is -2.23. The van der Waals surface area contributed by atoms with Crippen molar-refractivity contribution < 1.29 is 0 Å². The summed E-state index contributed by atoms with van der Waals surface area (Å²) < 4.78 is 0. The van der Waals surface area contributed by atoms with Gasteiger partial charge in [-0.25, -0.2) is 0 Å². The van der Waals surface area contributed by atoms with E-state index in [4.69, 9.17) is 0 Å². The average molecular weight is 278 g/mol. The Labute approximate surface area is 128 Å². The van der Waals surface area contributed by atoms with E-state index >= 15 is 0 Å². The lowest BCUT2D eigenvalue weighted by Gasteiger charge is -2.08. The van der Waals surface area contributed by atoms with Crippen LogP contribution in [0.2, 0.25) is 0 Å². The number of hydrogen-bond donors (Lipinski definition) is 0. The molecular weight excluding hydrogens is 252 g/mol. The summed E-state index contributed by atoms with van der Waals surface area (Å²) >= 11 is 0. The van der Waals surface area contributed by atoms with E-state index in [1.807, 2.05) is 0 Å². The van der Waals surface area contributed by atoms with Gasteiger partial charge in [-0.15, -0.1) is 0 Å². The number of rotatable bonds is 4. The van der Waals surface area contributed by atoms with Crippen LogP contribution in [0.5, 0.6) is 0 Å². The second-order valence-electron chi connectivity index (χ2n) is 5.80. The molecule has 0 amide bonds. The summed E-state index contributed by atoms with van der Waals surface area (Å²) in [7, 11) is 0. The standard InChI is InChI=1S/C21H26/c1-5-7-8-9-19-12-13-20(15-18(19)6-2)21-14-16(3)10-11-17(21)4/h6,9-15H,5,7-8H2,1-4H3/b18-6-,19-9-. The lowest BCUT2D eigenvalue weighted by molar-refractivity contribution is 0.833. The molecule has 0 spiro atoms. The molecule has 2 aromatic carbocycles. The summed E-state index contributed by atoms with van der Waals surface area (Å²) in [5.41, 5.74) is 5.32. The normalized spacial score (nSPS) is 13.0. The fourth-order valence-electron chi connectivity index (χ4n) is 2.69. The van der Waals surface area contributed by atoms with Crippen LogP contribution < -0.4 is 10.4 Å². The molecular formula is C21H26. The predicted molar refractivity (Wildman–Crippen MR) is 94.7 cm³/mol. The van der Waals surface area contributed by atoms with E-state index in [2.05, 4.69) is 76.2 Å². The van der Waals surface area contributed by atoms with Gasteiger partial charge in [0, 0.05) is 0 Å². The highest BCUT2D eigenvalue weighted by atomic mass is 14.1. The van der Waals surface area contributed by atoms with Crippen molar-refractivity contribution in [1.82, 2.24) is 0 Å². The smallest absolute Gasteiger partial charge is 0.0152 e. The molecule has 0 aliphatic carbocycles. The van der Waals surface area contributed by atoms with Crippen molar-refractivity contribution in [2.75, 3.05) is 0 Å². The molecule has 0 aromatic heterocycles. The van der Waals surface area contributed by atoms with Crippen LogP contribution in [0.4, 0.5) is 0 Å². The van der Waals surface area contributed by atoms with Gasteiger partial charge in [0.15, 0.2) is 0 Å². The Hall–Kier alpha value is -1.82. The largest absolute Gasteiger partial charge is 0.0798 e. The van der Waals surface area contributed by atoms with E-state index in [1.54, 1.807) is 0 Å². The minimum atomic E-state index is 1.17. The van der Waals surface area contributed by atoms with Gasteiger partial charge in [-0.1, -0.05) is 67.8 Å². The zero-order valence-corrected chi connectivity index (χ0v) is 13.7. The molecule has 2 rings (SSSR count). The van der Waals surface area contributed by atoms with Crippen LogP contribution in [0, 0.1) is 13.8 Å². The first-order valence-electron chi connectivity index (χ1n) is 8.00. The van der Waals surface area contributed by atoms with Crippen molar-refractivity contribution in [2.24, 2.45) is 0 Å². The van der Waals surface area contributed by atoms with Crippen molar-refractivity contribution >= 4 is 12.2 Å². The molecule has 0 radical (unpaired) electrons. The summed E-state index contributed by atoms with van der Waals surface area (Å²) in [5, 5.41) is 2.70. The van der Waals surface area contributed by atoms with E-state index in [0.717, 1.165) is 0 Å². The number of aryl methyl sites for hydroxylation is 2. The van der Waals surface area contributed by atoms with E-state index < -0.39 is 0 Å². The minimum absolute atomic E-state index is 1.17. The number of hydrogen-bond acceptors (Lipinski definition) is 0. The maximum Gasteiger partial charge on any atom is -0.0152 e. The second kappa shape index (κ2) is 7.26. The molecule has 0 atom stereocenters. The third kappa shape index (κ3) is 3.85. The zero-order valence-electron chi connectivity index (χ0n) is 13.7. The molecule has 0 fully saturated rings. The molecule has 0 heteroatoms. The fourth-order valence-corrected chi connectivity index (χ4v) is 2.69. The summed E-state index contributed by atoms with van der Waals surface area (Å²) in [6.07, 6.45) is 8.27. The van der Waals surface area contributed by atoms with E-state index in [0.29, 0.717) is 0 Å². The summed E-state index contributed by atoms with van der Waals surface area (Å²) in [6.45, 7) is 8.71.